The first kappa shape index (κ1) is 14.0. The lowest BCUT2D eigenvalue weighted by atomic mass is 10.3. The number of rotatable bonds is 6. The molecule has 1 rings (SSSR count). The Labute approximate surface area is 106 Å². The number of aromatic nitrogens is 2. The van der Waals surface area contributed by atoms with Crippen LogP contribution in [-0.2, 0) is 29.0 Å². The summed E-state index contributed by atoms with van der Waals surface area (Å²) in [4.78, 5) is 11.0. The first-order chi connectivity index (χ1) is 8.13. The van der Waals surface area contributed by atoms with Gasteiger partial charge in [0, 0.05) is 13.1 Å². The molecule has 17 heavy (non-hydrogen) atoms. The molecule has 0 aromatic carbocycles. The van der Waals surface area contributed by atoms with E-state index in [2.05, 4.69) is 15.2 Å². The number of methoxy groups -OCH3 is 1. The van der Waals surface area contributed by atoms with Crippen LogP contribution in [0.25, 0.3) is 0 Å². The van der Waals surface area contributed by atoms with E-state index in [1.807, 2.05) is 18.5 Å². The van der Waals surface area contributed by atoms with Crippen LogP contribution < -0.4 is 5.32 Å². The number of hydrogen-bond donors (Lipinski definition) is 1. The molecule has 0 aliphatic carbocycles. The summed E-state index contributed by atoms with van der Waals surface area (Å²) < 4.78 is 6.40. The fourth-order valence-corrected chi connectivity index (χ4v) is 1.88. The highest BCUT2D eigenvalue weighted by Gasteiger charge is 2.14. The van der Waals surface area contributed by atoms with Crippen molar-refractivity contribution in [3.63, 3.8) is 0 Å². The predicted molar refractivity (Wildman–Crippen MR) is 66.0 cm³/mol. The van der Waals surface area contributed by atoms with E-state index in [0.717, 1.165) is 24.4 Å². The third kappa shape index (κ3) is 3.44. The number of hydrogen-bond acceptors (Lipinski definition) is 4. The zero-order valence-corrected chi connectivity index (χ0v) is 11.2. The van der Waals surface area contributed by atoms with Crippen LogP contribution in [0.3, 0.4) is 0 Å². The summed E-state index contributed by atoms with van der Waals surface area (Å²) in [6.45, 7) is 5.46. The van der Waals surface area contributed by atoms with Gasteiger partial charge in [0.1, 0.15) is 0 Å². The first-order valence-electron chi connectivity index (χ1n) is 5.65. The molecule has 0 unspecified atom stereocenters. The molecule has 1 aromatic heterocycles. The predicted octanol–water partition coefficient (Wildman–Crippen LogP) is 1.38. The van der Waals surface area contributed by atoms with Gasteiger partial charge >= 0.3 is 5.97 Å². The van der Waals surface area contributed by atoms with E-state index < -0.39 is 0 Å². The normalized spacial score (nSPS) is 10.6. The lowest BCUT2D eigenvalue weighted by Gasteiger charge is -2.06. The Hall–Kier alpha value is -1.07. The topological polar surface area (TPSA) is 56.2 Å². The summed E-state index contributed by atoms with van der Waals surface area (Å²) in [6.07, 6.45) is 0.801. The maximum Gasteiger partial charge on any atom is 0.319 e. The molecule has 1 N–H and O–H groups in total. The van der Waals surface area contributed by atoms with Crippen LogP contribution in [0, 0.1) is 0 Å². The van der Waals surface area contributed by atoms with Crippen molar-refractivity contribution < 1.29 is 9.53 Å². The average Bonchev–Trinajstić information content (AvgIpc) is 2.65. The molecular formula is C11H18ClN3O2. The minimum absolute atomic E-state index is 0.170. The second kappa shape index (κ2) is 6.61. The van der Waals surface area contributed by atoms with Crippen LogP contribution in [0.15, 0.2) is 0 Å². The summed E-state index contributed by atoms with van der Waals surface area (Å²) in [7, 11) is 1.36. The lowest BCUT2D eigenvalue weighted by Crippen LogP contribution is -2.24. The maximum absolute atomic E-state index is 11.0. The van der Waals surface area contributed by atoms with Gasteiger partial charge in [-0.05, 0) is 13.3 Å². The standard InChI is InChI=1S/C11H18ClN3O2/c1-4-8-11(12)9(15(5-2)14-8)6-13-7-10(16)17-3/h13H,4-7H2,1-3H3. The van der Waals surface area contributed by atoms with E-state index in [1.54, 1.807) is 0 Å². The van der Waals surface area contributed by atoms with Crippen molar-refractivity contribution >= 4 is 17.6 Å². The number of aryl methyl sites for hydroxylation is 2. The van der Waals surface area contributed by atoms with Crippen molar-refractivity contribution in [3.05, 3.63) is 16.4 Å². The largest absolute Gasteiger partial charge is 0.468 e. The molecule has 96 valence electrons. The van der Waals surface area contributed by atoms with Crippen LogP contribution in [0.4, 0.5) is 0 Å². The van der Waals surface area contributed by atoms with Crippen LogP contribution >= 0.6 is 11.6 Å². The van der Waals surface area contributed by atoms with Crippen LogP contribution in [-0.4, -0.2) is 29.4 Å². The number of ether oxygens (including phenoxy) is 1. The smallest absolute Gasteiger partial charge is 0.319 e. The van der Waals surface area contributed by atoms with Gasteiger partial charge in [-0.2, -0.15) is 5.10 Å². The molecule has 0 saturated carbocycles. The summed E-state index contributed by atoms with van der Waals surface area (Å²) >= 11 is 6.22. The van der Waals surface area contributed by atoms with E-state index >= 15 is 0 Å². The molecule has 6 heteroatoms. The molecular weight excluding hydrogens is 242 g/mol. The van der Waals surface area contributed by atoms with Gasteiger partial charge in [-0.1, -0.05) is 18.5 Å². The molecule has 0 aliphatic heterocycles. The highest BCUT2D eigenvalue weighted by molar-refractivity contribution is 6.31. The molecule has 1 heterocycles. The van der Waals surface area contributed by atoms with Crippen molar-refractivity contribution in [1.29, 1.82) is 0 Å². The second-order valence-electron chi connectivity index (χ2n) is 3.56. The van der Waals surface area contributed by atoms with Gasteiger partial charge in [-0.15, -0.1) is 0 Å². The summed E-state index contributed by atoms with van der Waals surface area (Å²) in [5.41, 5.74) is 1.80. The van der Waals surface area contributed by atoms with Gasteiger partial charge in [0.15, 0.2) is 0 Å². The highest BCUT2D eigenvalue weighted by atomic mass is 35.5. The van der Waals surface area contributed by atoms with Gasteiger partial charge in [-0.3, -0.25) is 9.48 Å². The third-order valence-electron chi connectivity index (χ3n) is 2.48. The Kier molecular flexibility index (Phi) is 5.44. The van der Waals surface area contributed by atoms with Crippen molar-refractivity contribution in [2.75, 3.05) is 13.7 Å². The Morgan fingerprint density at radius 2 is 2.24 bits per heavy atom. The summed E-state index contributed by atoms with van der Waals surface area (Å²) in [5.74, 6) is -0.292. The van der Waals surface area contributed by atoms with E-state index in [4.69, 9.17) is 11.6 Å². The molecule has 0 saturated heterocycles. The number of halogens is 1. The highest BCUT2D eigenvalue weighted by Crippen LogP contribution is 2.21. The number of nitrogens with one attached hydrogen (secondary N) is 1. The van der Waals surface area contributed by atoms with Crippen molar-refractivity contribution in [2.24, 2.45) is 0 Å². The molecule has 0 amide bonds. The number of carbonyl (C=O) groups is 1. The molecule has 0 atom stereocenters. The first-order valence-corrected chi connectivity index (χ1v) is 6.03. The Morgan fingerprint density at radius 3 is 2.76 bits per heavy atom. The minimum atomic E-state index is -0.292. The molecule has 0 radical (unpaired) electrons. The average molecular weight is 260 g/mol. The molecule has 0 bridgehead atoms. The Morgan fingerprint density at radius 1 is 1.53 bits per heavy atom. The van der Waals surface area contributed by atoms with Gasteiger partial charge < -0.3 is 10.1 Å². The molecule has 0 aliphatic rings. The van der Waals surface area contributed by atoms with E-state index in [9.17, 15) is 4.79 Å². The maximum atomic E-state index is 11.0. The molecule has 5 nitrogen and oxygen atoms in total. The van der Waals surface area contributed by atoms with Crippen LogP contribution in [0.1, 0.15) is 25.2 Å². The third-order valence-corrected chi connectivity index (χ3v) is 2.92. The fraction of sp³-hybridized carbons (Fsp3) is 0.636. The van der Waals surface area contributed by atoms with Gasteiger partial charge in [-0.25, -0.2) is 0 Å². The van der Waals surface area contributed by atoms with Crippen molar-refractivity contribution in [3.8, 4) is 0 Å². The zero-order chi connectivity index (χ0) is 12.8. The van der Waals surface area contributed by atoms with Crippen LogP contribution in [0.5, 0.6) is 0 Å². The molecule has 1 aromatic rings. The Balaban J connectivity index is 2.69. The fourth-order valence-electron chi connectivity index (χ4n) is 1.54. The van der Waals surface area contributed by atoms with E-state index in [0.29, 0.717) is 11.6 Å². The SMILES string of the molecule is CCc1nn(CC)c(CNCC(=O)OC)c1Cl. The monoisotopic (exact) mass is 259 g/mol. The number of nitrogens with zero attached hydrogens (tertiary/aromatic N) is 2. The quantitative estimate of drug-likeness (QED) is 0.785. The lowest BCUT2D eigenvalue weighted by molar-refractivity contribution is -0.139. The summed E-state index contributed by atoms with van der Waals surface area (Å²) in [5, 5.41) is 8.07. The van der Waals surface area contributed by atoms with Crippen LogP contribution in [0.2, 0.25) is 5.02 Å². The zero-order valence-electron chi connectivity index (χ0n) is 10.4. The number of esters is 1. The minimum Gasteiger partial charge on any atom is -0.468 e. The molecule has 0 fully saturated rings. The summed E-state index contributed by atoms with van der Waals surface area (Å²) in [6, 6.07) is 0. The number of carbonyl (C=O) groups excluding carboxylic acids is 1. The van der Waals surface area contributed by atoms with Gasteiger partial charge in [0.25, 0.3) is 0 Å². The van der Waals surface area contributed by atoms with Crippen molar-refractivity contribution in [1.82, 2.24) is 15.1 Å². The van der Waals surface area contributed by atoms with Gasteiger partial charge in [0.2, 0.25) is 0 Å². The second-order valence-corrected chi connectivity index (χ2v) is 3.93. The van der Waals surface area contributed by atoms with E-state index in [1.165, 1.54) is 7.11 Å². The van der Waals surface area contributed by atoms with Crippen molar-refractivity contribution in [2.45, 2.75) is 33.4 Å². The van der Waals surface area contributed by atoms with Gasteiger partial charge in [0.05, 0.1) is 30.1 Å². The van der Waals surface area contributed by atoms with E-state index in [-0.39, 0.29) is 12.5 Å². The Bertz CT molecular complexity index is 390. The molecule has 0 spiro atoms.